The minimum atomic E-state index is -0.533. The molecule has 0 aliphatic heterocycles. The Morgan fingerprint density at radius 2 is 1.86 bits per heavy atom. The molecule has 0 radical (unpaired) electrons. The van der Waals surface area contributed by atoms with E-state index < -0.39 is 5.82 Å². The molecule has 2 aromatic rings. The standard InChI is InChI=1S/C14H9Cl3FNOS/c15-8-1-3-10(16)13(5-8)21-7-14(20)19-9-2-4-12(18)11(17)6-9/h1-6H,7H2,(H,19,20). The van der Waals surface area contributed by atoms with Gasteiger partial charge in [-0.25, -0.2) is 4.39 Å². The Morgan fingerprint density at radius 3 is 2.57 bits per heavy atom. The van der Waals surface area contributed by atoms with Crippen LogP contribution in [0.1, 0.15) is 0 Å². The maximum absolute atomic E-state index is 13.0. The molecule has 0 aliphatic carbocycles. The summed E-state index contributed by atoms with van der Waals surface area (Å²) in [5.74, 6) is -0.636. The lowest BCUT2D eigenvalue weighted by Crippen LogP contribution is -2.14. The molecule has 0 saturated carbocycles. The quantitative estimate of drug-likeness (QED) is 0.724. The smallest absolute Gasteiger partial charge is 0.234 e. The van der Waals surface area contributed by atoms with Crippen molar-refractivity contribution in [2.24, 2.45) is 0 Å². The van der Waals surface area contributed by atoms with Crippen molar-refractivity contribution in [2.75, 3.05) is 11.1 Å². The Balaban J connectivity index is 1.95. The molecule has 0 fully saturated rings. The summed E-state index contributed by atoms with van der Waals surface area (Å²) in [5, 5.41) is 3.66. The lowest BCUT2D eigenvalue weighted by atomic mass is 10.3. The average molecular weight is 365 g/mol. The summed E-state index contributed by atoms with van der Waals surface area (Å²) in [6.45, 7) is 0. The second-order valence-corrected chi connectivity index (χ2v) is 6.31. The SMILES string of the molecule is O=C(CSc1cc(Cl)ccc1Cl)Nc1ccc(F)c(Cl)c1. The van der Waals surface area contributed by atoms with E-state index >= 15 is 0 Å². The molecule has 0 aliphatic rings. The van der Waals surface area contributed by atoms with Crippen molar-refractivity contribution in [1.29, 1.82) is 0 Å². The Kier molecular flexibility index (Phi) is 5.76. The van der Waals surface area contributed by atoms with Gasteiger partial charge in [0, 0.05) is 15.6 Å². The second kappa shape index (κ2) is 7.36. The molecule has 110 valence electrons. The van der Waals surface area contributed by atoms with Crippen molar-refractivity contribution in [1.82, 2.24) is 0 Å². The number of nitrogens with one attached hydrogen (secondary N) is 1. The first-order chi connectivity index (χ1) is 9.95. The largest absolute Gasteiger partial charge is 0.325 e. The molecule has 1 N–H and O–H groups in total. The zero-order valence-corrected chi connectivity index (χ0v) is 13.6. The summed E-state index contributed by atoms with van der Waals surface area (Å²) in [5.41, 5.74) is 0.434. The van der Waals surface area contributed by atoms with Crippen LogP contribution in [0.2, 0.25) is 15.1 Å². The minimum absolute atomic E-state index is 0.0432. The summed E-state index contributed by atoms with van der Waals surface area (Å²) in [6, 6.07) is 9.02. The van der Waals surface area contributed by atoms with E-state index in [4.69, 9.17) is 34.8 Å². The minimum Gasteiger partial charge on any atom is -0.325 e. The van der Waals surface area contributed by atoms with Crippen LogP contribution in [-0.4, -0.2) is 11.7 Å². The molecule has 0 saturated heterocycles. The molecular formula is C14H9Cl3FNOS. The van der Waals surface area contributed by atoms with E-state index in [9.17, 15) is 9.18 Å². The van der Waals surface area contributed by atoms with Gasteiger partial charge in [0.2, 0.25) is 5.91 Å². The van der Waals surface area contributed by atoms with Crippen molar-refractivity contribution in [3.05, 3.63) is 57.3 Å². The molecule has 0 heterocycles. The Hall–Kier alpha value is -0.940. The second-order valence-electron chi connectivity index (χ2n) is 4.04. The van der Waals surface area contributed by atoms with Gasteiger partial charge in [-0.3, -0.25) is 4.79 Å². The predicted octanol–water partition coefficient (Wildman–Crippen LogP) is 5.52. The van der Waals surface area contributed by atoms with Gasteiger partial charge in [0.1, 0.15) is 5.82 Å². The maximum Gasteiger partial charge on any atom is 0.234 e. The molecular weight excluding hydrogens is 356 g/mol. The van der Waals surface area contributed by atoms with E-state index in [1.54, 1.807) is 18.2 Å². The Bertz CT molecular complexity index is 681. The molecule has 0 atom stereocenters. The van der Waals surface area contributed by atoms with Crippen molar-refractivity contribution >= 4 is 58.2 Å². The van der Waals surface area contributed by atoms with Gasteiger partial charge < -0.3 is 5.32 Å². The number of anilines is 1. The van der Waals surface area contributed by atoms with E-state index in [-0.39, 0.29) is 16.7 Å². The van der Waals surface area contributed by atoms with E-state index in [0.717, 1.165) is 4.90 Å². The number of hydrogen-bond acceptors (Lipinski definition) is 2. The third kappa shape index (κ3) is 4.78. The van der Waals surface area contributed by atoms with Crippen molar-refractivity contribution in [2.45, 2.75) is 4.90 Å². The van der Waals surface area contributed by atoms with Crippen LogP contribution in [0.15, 0.2) is 41.3 Å². The zero-order valence-electron chi connectivity index (χ0n) is 10.5. The van der Waals surface area contributed by atoms with Crippen LogP contribution in [0.4, 0.5) is 10.1 Å². The van der Waals surface area contributed by atoms with Crippen molar-refractivity contribution in [3.8, 4) is 0 Å². The Labute approximate surface area is 140 Å². The molecule has 2 aromatic carbocycles. The fourth-order valence-corrected chi connectivity index (χ4v) is 2.98. The van der Waals surface area contributed by atoms with Crippen LogP contribution in [0, 0.1) is 5.82 Å². The Morgan fingerprint density at radius 1 is 1.10 bits per heavy atom. The lowest BCUT2D eigenvalue weighted by molar-refractivity contribution is -0.113. The molecule has 2 rings (SSSR count). The highest BCUT2D eigenvalue weighted by atomic mass is 35.5. The van der Waals surface area contributed by atoms with E-state index in [2.05, 4.69) is 5.32 Å². The van der Waals surface area contributed by atoms with E-state index in [1.165, 1.54) is 30.0 Å². The first-order valence-electron chi connectivity index (χ1n) is 5.78. The number of halogens is 4. The van der Waals surface area contributed by atoms with Crippen molar-refractivity contribution < 1.29 is 9.18 Å². The number of thioether (sulfide) groups is 1. The molecule has 0 aromatic heterocycles. The van der Waals surface area contributed by atoms with Crippen LogP contribution in [-0.2, 0) is 4.79 Å². The molecule has 21 heavy (non-hydrogen) atoms. The summed E-state index contributed by atoms with van der Waals surface area (Å²) < 4.78 is 13.0. The topological polar surface area (TPSA) is 29.1 Å². The van der Waals surface area contributed by atoms with Crippen molar-refractivity contribution in [3.63, 3.8) is 0 Å². The fraction of sp³-hybridized carbons (Fsp3) is 0.0714. The highest BCUT2D eigenvalue weighted by Crippen LogP contribution is 2.30. The number of hydrogen-bond donors (Lipinski definition) is 1. The lowest BCUT2D eigenvalue weighted by Gasteiger charge is -2.07. The third-order valence-electron chi connectivity index (χ3n) is 2.46. The van der Waals surface area contributed by atoms with Crippen LogP contribution in [0.5, 0.6) is 0 Å². The molecule has 0 bridgehead atoms. The summed E-state index contributed by atoms with van der Waals surface area (Å²) in [6.07, 6.45) is 0. The number of amides is 1. The normalized spacial score (nSPS) is 10.5. The van der Waals surface area contributed by atoms with E-state index in [1.807, 2.05) is 0 Å². The van der Waals surface area contributed by atoms with Crippen LogP contribution in [0.25, 0.3) is 0 Å². The molecule has 0 unspecified atom stereocenters. The number of benzene rings is 2. The number of rotatable bonds is 4. The zero-order chi connectivity index (χ0) is 15.4. The maximum atomic E-state index is 13.0. The third-order valence-corrected chi connectivity index (χ3v) is 4.48. The molecule has 2 nitrogen and oxygen atoms in total. The first-order valence-corrected chi connectivity index (χ1v) is 7.90. The van der Waals surface area contributed by atoms with Gasteiger partial charge in [-0.05, 0) is 36.4 Å². The molecule has 7 heteroatoms. The van der Waals surface area contributed by atoms with Gasteiger partial charge in [-0.2, -0.15) is 0 Å². The average Bonchev–Trinajstić information content (AvgIpc) is 2.44. The van der Waals surface area contributed by atoms with Gasteiger partial charge in [0.15, 0.2) is 0 Å². The van der Waals surface area contributed by atoms with Gasteiger partial charge in [0.05, 0.1) is 15.8 Å². The fourth-order valence-electron chi connectivity index (χ4n) is 1.50. The van der Waals surface area contributed by atoms with Crippen LogP contribution < -0.4 is 5.32 Å². The monoisotopic (exact) mass is 363 g/mol. The number of carbonyl (C=O) groups excluding carboxylic acids is 1. The van der Waals surface area contributed by atoms with Crippen LogP contribution >= 0.6 is 46.6 Å². The molecule has 1 amide bonds. The van der Waals surface area contributed by atoms with Gasteiger partial charge >= 0.3 is 0 Å². The predicted molar refractivity (Wildman–Crippen MR) is 87.2 cm³/mol. The van der Waals surface area contributed by atoms with E-state index in [0.29, 0.717) is 15.7 Å². The summed E-state index contributed by atoms with van der Waals surface area (Å²) >= 11 is 18.8. The molecule has 0 spiro atoms. The summed E-state index contributed by atoms with van der Waals surface area (Å²) in [7, 11) is 0. The summed E-state index contributed by atoms with van der Waals surface area (Å²) in [4.78, 5) is 12.6. The van der Waals surface area contributed by atoms with Gasteiger partial charge in [-0.15, -0.1) is 11.8 Å². The van der Waals surface area contributed by atoms with Gasteiger partial charge in [0.25, 0.3) is 0 Å². The highest BCUT2D eigenvalue weighted by Gasteiger charge is 2.08. The first kappa shape index (κ1) is 16.4. The number of carbonyl (C=O) groups is 1. The highest BCUT2D eigenvalue weighted by molar-refractivity contribution is 8.00. The van der Waals surface area contributed by atoms with Gasteiger partial charge in [-0.1, -0.05) is 34.8 Å². The van der Waals surface area contributed by atoms with Crippen LogP contribution in [0.3, 0.4) is 0 Å².